The van der Waals surface area contributed by atoms with Crippen molar-refractivity contribution in [1.29, 1.82) is 0 Å². The number of carboxylic acids is 1. The summed E-state index contributed by atoms with van der Waals surface area (Å²) in [5, 5.41) is 11.0. The maximum absolute atomic E-state index is 10.8. The zero-order valence-corrected chi connectivity index (χ0v) is 9.73. The summed E-state index contributed by atoms with van der Waals surface area (Å²) in [6.45, 7) is 7.61. The van der Waals surface area contributed by atoms with Gasteiger partial charge in [-0.1, -0.05) is 6.92 Å². The van der Waals surface area contributed by atoms with Crippen molar-refractivity contribution >= 4 is 5.97 Å². The molecule has 0 aliphatic carbocycles. The molecular formula is C10H21N3O2. The minimum Gasteiger partial charge on any atom is -0.481 e. The summed E-state index contributed by atoms with van der Waals surface area (Å²) in [5.74, 6) is -1.10. The molecule has 2 atom stereocenters. The average Bonchev–Trinajstić information content (AvgIpc) is 2.20. The van der Waals surface area contributed by atoms with Gasteiger partial charge in [-0.05, 0) is 14.0 Å². The standard InChI is InChI=1S/C10H21N3O2/c1-8(10(14)15)9(2)11-13-6-4-12(3)5-7-13/h8-9,11H,4-7H2,1-3H3,(H,14,15). The number of hydrazine groups is 1. The Morgan fingerprint density at radius 3 is 2.27 bits per heavy atom. The Kier molecular flexibility index (Phi) is 4.50. The van der Waals surface area contributed by atoms with Crippen molar-refractivity contribution in [3.05, 3.63) is 0 Å². The summed E-state index contributed by atoms with van der Waals surface area (Å²) in [7, 11) is 2.10. The van der Waals surface area contributed by atoms with Crippen molar-refractivity contribution in [3.63, 3.8) is 0 Å². The summed E-state index contributed by atoms with van der Waals surface area (Å²) in [6, 6.07) is -0.0223. The molecule has 1 saturated heterocycles. The molecule has 0 aromatic heterocycles. The van der Waals surface area contributed by atoms with Gasteiger partial charge in [0.25, 0.3) is 0 Å². The summed E-state index contributed by atoms with van der Waals surface area (Å²) < 4.78 is 0. The van der Waals surface area contributed by atoms with Gasteiger partial charge in [0.05, 0.1) is 5.92 Å². The molecule has 0 aromatic rings. The van der Waals surface area contributed by atoms with Crippen LogP contribution in [0.4, 0.5) is 0 Å². The molecule has 88 valence electrons. The molecule has 0 saturated carbocycles. The number of hydrogen-bond acceptors (Lipinski definition) is 4. The van der Waals surface area contributed by atoms with Gasteiger partial charge < -0.3 is 10.0 Å². The summed E-state index contributed by atoms with van der Waals surface area (Å²) >= 11 is 0. The van der Waals surface area contributed by atoms with E-state index in [0.29, 0.717) is 0 Å². The number of piperazine rings is 1. The van der Waals surface area contributed by atoms with Gasteiger partial charge in [-0.2, -0.15) is 0 Å². The SMILES string of the molecule is CC(NN1CCN(C)CC1)C(C)C(=O)O. The maximum atomic E-state index is 10.8. The van der Waals surface area contributed by atoms with Crippen LogP contribution in [0.15, 0.2) is 0 Å². The first kappa shape index (κ1) is 12.4. The molecule has 5 heteroatoms. The van der Waals surface area contributed by atoms with E-state index in [1.807, 2.05) is 6.92 Å². The van der Waals surface area contributed by atoms with Crippen LogP contribution in [0, 0.1) is 5.92 Å². The van der Waals surface area contributed by atoms with Crippen LogP contribution in [-0.4, -0.2) is 60.3 Å². The first-order valence-corrected chi connectivity index (χ1v) is 5.43. The predicted molar refractivity (Wildman–Crippen MR) is 58.5 cm³/mol. The third-order valence-electron chi connectivity index (χ3n) is 3.03. The highest BCUT2D eigenvalue weighted by Gasteiger charge is 2.22. The van der Waals surface area contributed by atoms with E-state index in [1.165, 1.54) is 0 Å². The van der Waals surface area contributed by atoms with E-state index >= 15 is 0 Å². The van der Waals surface area contributed by atoms with Crippen molar-refractivity contribution in [2.24, 2.45) is 5.92 Å². The molecule has 2 N–H and O–H groups in total. The first-order valence-electron chi connectivity index (χ1n) is 5.43. The predicted octanol–water partition coefficient (Wildman–Crippen LogP) is -0.152. The second-order valence-corrected chi connectivity index (χ2v) is 4.34. The number of carbonyl (C=O) groups is 1. The smallest absolute Gasteiger partial charge is 0.307 e. The number of nitrogens with one attached hydrogen (secondary N) is 1. The maximum Gasteiger partial charge on any atom is 0.307 e. The Balaban J connectivity index is 2.32. The summed E-state index contributed by atoms with van der Waals surface area (Å²) in [4.78, 5) is 13.0. The van der Waals surface area contributed by atoms with Crippen LogP contribution in [0.25, 0.3) is 0 Å². The van der Waals surface area contributed by atoms with E-state index in [2.05, 4.69) is 22.4 Å². The third-order valence-corrected chi connectivity index (χ3v) is 3.03. The normalized spacial score (nSPS) is 23.7. The molecular weight excluding hydrogens is 194 g/mol. The van der Waals surface area contributed by atoms with Gasteiger partial charge in [0, 0.05) is 32.2 Å². The van der Waals surface area contributed by atoms with Gasteiger partial charge in [0.2, 0.25) is 0 Å². The molecule has 1 heterocycles. The van der Waals surface area contributed by atoms with Gasteiger partial charge in [-0.15, -0.1) is 0 Å². The van der Waals surface area contributed by atoms with Crippen LogP contribution < -0.4 is 5.43 Å². The molecule has 1 fully saturated rings. The fraction of sp³-hybridized carbons (Fsp3) is 0.900. The van der Waals surface area contributed by atoms with E-state index < -0.39 is 5.97 Å². The zero-order valence-electron chi connectivity index (χ0n) is 9.73. The lowest BCUT2D eigenvalue weighted by Gasteiger charge is -2.35. The second-order valence-electron chi connectivity index (χ2n) is 4.34. The molecule has 15 heavy (non-hydrogen) atoms. The van der Waals surface area contributed by atoms with Crippen molar-refractivity contribution in [2.75, 3.05) is 33.2 Å². The Bertz CT molecular complexity index is 215. The van der Waals surface area contributed by atoms with E-state index in [-0.39, 0.29) is 12.0 Å². The van der Waals surface area contributed by atoms with Gasteiger partial charge in [0.1, 0.15) is 0 Å². The fourth-order valence-corrected chi connectivity index (χ4v) is 1.55. The number of rotatable bonds is 4. The first-order chi connectivity index (χ1) is 7.00. The Hall–Kier alpha value is -0.650. The lowest BCUT2D eigenvalue weighted by atomic mass is 10.1. The molecule has 0 spiro atoms. The number of likely N-dealkylation sites (N-methyl/N-ethyl adjacent to an activating group) is 1. The van der Waals surface area contributed by atoms with Crippen molar-refractivity contribution < 1.29 is 9.90 Å². The molecule has 0 amide bonds. The van der Waals surface area contributed by atoms with Gasteiger partial charge in [-0.25, -0.2) is 5.01 Å². The van der Waals surface area contributed by atoms with E-state index in [1.54, 1.807) is 6.92 Å². The Labute approximate surface area is 91.0 Å². The van der Waals surface area contributed by atoms with Crippen LogP contribution in [-0.2, 0) is 4.79 Å². The Morgan fingerprint density at radius 2 is 1.80 bits per heavy atom. The van der Waals surface area contributed by atoms with E-state index in [9.17, 15) is 4.79 Å². The van der Waals surface area contributed by atoms with Crippen LogP contribution in [0.5, 0.6) is 0 Å². The fourth-order valence-electron chi connectivity index (χ4n) is 1.55. The van der Waals surface area contributed by atoms with Gasteiger partial charge in [-0.3, -0.25) is 10.2 Å². The molecule has 1 aliphatic heterocycles. The van der Waals surface area contributed by atoms with Crippen molar-refractivity contribution in [1.82, 2.24) is 15.3 Å². The quantitative estimate of drug-likeness (QED) is 0.683. The zero-order chi connectivity index (χ0) is 11.4. The van der Waals surface area contributed by atoms with Crippen LogP contribution in [0.1, 0.15) is 13.8 Å². The molecule has 1 rings (SSSR count). The van der Waals surface area contributed by atoms with Gasteiger partial charge >= 0.3 is 5.97 Å². The summed E-state index contributed by atoms with van der Waals surface area (Å²) in [6.07, 6.45) is 0. The van der Waals surface area contributed by atoms with Crippen molar-refractivity contribution in [3.8, 4) is 0 Å². The minimum absolute atomic E-state index is 0.0223. The van der Waals surface area contributed by atoms with Crippen LogP contribution >= 0.6 is 0 Å². The largest absolute Gasteiger partial charge is 0.481 e. The van der Waals surface area contributed by atoms with Crippen molar-refractivity contribution in [2.45, 2.75) is 19.9 Å². The monoisotopic (exact) mass is 215 g/mol. The van der Waals surface area contributed by atoms with E-state index in [0.717, 1.165) is 26.2 Å². The molecule has 0 radical (unpaired) electrons. The number of nitrogens with zero attached hydrogens (tertiary/aromatic N) is 2. The highest BCUT2D eigenvalue weighted by Crippen LogP contribution is 2.04. The highest BCUT2D eigenvalue weighted by atomic mass is 16.4. The van der Waals surface area contributed by atoms with Gasteiger partial charge in [0.15, 0.2) is 0 Å². The molecule has 2 unspecified atom stereocenters. The number of carboxylic acid groups (broad SMARTS) is 1. The third kappa shape index (κ3) is 3.77. The molecule has 1 aliphatic rings. The summed E-state index contributed by atoms with van der Waals surface area (Å²) in [5.41, 5.74) is 3.25. The Morgan fingerprint density at radius 1 is 1.27 bits per heavy atom. The molecule has 0 bridgehead atoms. The van der Waals surface area contributed by atoms with Crippen LogP contribution in [0.2, 0.25) is 0 Å². The average molecular weight is 215 g/mol. The molecule has 0 aromatic carbocycles. The second kappa shape index (κ2) is 5.44. The number of hydrogen-bond donors (Lipinski definition) is 2. The lowest BCUT2D eigenvalue weighted by Crippen LogP contribution is -2.55. The number of aliphatic carboxylic acids is 1. The topological polar surface area (TPSA) is 55.8 Å². The minimum atomic E-state index is -0.746. The van der Waals surface area contributed by atoms with E-state index in [4.69, 9.17) is 5.11 Å². The molecule has 5 nitrogen and oxygen atoms in total. The highest BCUT2D eigenvalue weighted by molar-refractivity contribution is 5.70. The lowest BCUT2D eigenvalue weighted by molar-refractivity contribution is -0.142. The van der Waals surface area contributed by atoms with Crippen LogP contribution in [0.3, 0.4) is 0 Å².